The zero-order valence-electron chi connectivity index (χ0n) is 11.3. The molecule has 0 radical (unpaired) electrons. The molecule has 2 amide bonds. The van der Waals surface area contributed by atoms with Gasteiger partial charge in [0.2, 0.25) is 11.8 Å². The van der Waals surface area contributed by atoms with Gasteiger partial charge in [-0.3, -0.25) is 9.59 Å². The third-order valence-corrected chi connectivity index (χ3v) is 3.27. The molecule has 0 spiro atoms. The minimum absolute atomic E-state index is 0.157. The fourth-order valence-electron chi connectivity index (χ4n) is 2.12. The molecule has 0 aliphatic carbocycles. The summed E-state index contributed by atoms with van der Waals surface area (Å²) in [4.78, 5) is 33.9. The predicted molar refractivity (Wildman–Crippen MR) is 69.5 cm³/mol. The molecule has 6 heteroatoms. The molecule has 1 heterocycles. The summed E-state index contributed by atoms with van der Waals surface area (Å²) in [7, 11) is 0. The minimum atomic E-state index is -1.02. The number of amides is 2. The normalized spacial score (nSPS) is 19.8. The highest BCUT2D eigenvalue weighted by molar-refractivity contribution is 5.92. The number of carboxylic acids is 1. The first kappa shape index (κ1) is 15.5. The second-order valence-corrected chi connectivity index (χ2v) is 4.91. The van der Waals surface area contributed by atoms with E-state index in [1.54, 1.807) is 0 Å². The van der Waals surface area contributed by atoms with Crippen molar-refractivity contribution in [3.05, 3.63) is 0 Å². The molecule has 0 saturated carbocycles. The Bertz CT molecular complexity index is 344. The molecule has 0 aromatic carbocycles. The van der Waals surface area contributed by atoms with Crippen LogP contribution < -0.4 is 10.6 Å². The average Bonchev–Trinajstić information content (AvgIpc) is 2.79. The summed E-state index contributed by atoms with van der Waals surface area (Å²) < 4.78 is 0. The molecule has 1 rings (SSSR count). The van der Waals surface area contributed by atoms with Crippen LogP contribution in [-0.4, -0.2) is 35.0 Å². The summed E-state index contributed by atoms with van der Waals surface area (Å²) in [5.74, 6) is -1.57. The van der Waals surface area contributed by atoms with Crippen LogP contribution in [0.2, 0.25) is 0 Å². The molecule has 108 valence electrons. The van der Waals surface area contributed by atoms with Crippen molar-refractivity contribution in [2.24, 2.45) is 0 Å². The van der Waals surface area contributed by atoms with Gasteiger partial charge < -0.3 is 15.7 Å². The van der Waals surface area contributed by atoms with Crippen LogP contribution in [0.5, 0.6) is 0 Å². The summed E-state index contributed by atoms with van der Waals surface area (Å²) in [6, 6.07) is -1.44. The molecule has 0 aromatic heterocycles. The Morgan fingerprint density at radius 2 is 2.16 bits per heavy atom. The number of hydrogen-bond acceptors (Lipinski definition) is 3. The lowest BCUT2D eigenvalue weighted by Crippen LogP contribution is -2.48. The van der Waals surface area contributed by atoms with Crippen LogP contribution in [0.15, 0.2) is 0 Å². The molecule has 6 nitrogen and oxygen atoms in total. The second kappa shape index (κ2) is 7.76. The van der Waals surface area contributed by atoms with Crippen molar-refractivity contribution in [3.8, 4) is 0 Å². The molecular formula is C13H22N2O4. The van der Waals surface area contributed by atoms with Gasteiger partial charge in [-0.05, 0) is 12.8 Å². The van der Waals surface area contributed by atoms with Gasteiger partial charge in [0.1, 0.15) is 12.1 Å². The van der Waals surface area contributed by atoms with Crippen molar-refractivity contribution in [2.75, 3.05) is 0 Å². The van der Waals surface area contributed by atoms with E-state index in [4.69, 9.17) is 5.11 Å². The summed E-state index contributed by atoms with van der Waals surface area (Å²) in [6.45, 7) is 2.08. The van der Waals surface area contributed by atoms with Gasteiger partial charge in [-0.1, -0.05) is 32.6 Å². The van der Waals surface area contributed by atoms with E-state index in [1.807, 2.05) is 0 Å². The first-order chi connectivity index (χ1) is 9.04. The van der Waals surface area contributed by atoms with E-state index in [2.05, 4.69) is 17.6 Å². The molecule has 0 bridgehead atoms. The van der Waals surface area contributed by atoms with Crippen molar-refractivity contribution in [1.82, 2.24) is 10.6 Å². The fourth-order valence-corrected chi connectivity index (χ4v) is 2.12. The van der Waals surface area contributed by atoms with Crippen LogP contribution >= 0.6 is 0 Å². The van der Waals surface area contributed by atoms with Gasteiger partial charge in [0.15, 0.2) is 0 Å². The molecule has 1 aliphatic rings. The van der Waals surface area contributed by atoms with Crippen LogP contribution in [0.1, 0.15) is 51.9 Å². The van der Waals surface area contributed by atoms with Gasteiger partial charge in [0.05, 0.1) is 0 Å². The second-order valence-electron chi connectivity index (χ2n) is 4.91. The molecule has 1 saturated heterocycles. The summed E-state index contributed by atoms with van der Waals surface area (Å²) in [5.41, 5.74) is 0. The van der Waals surface area contributed by atoms with Gasteiger partial charge in [-0.15, -0.1) is 0 Å². The third kappa shape index (κ3) is 5.28. The standard InChI is InChI=1S/C13H22N2O4/c1-2-3-4-5-6-10(13(18)19)15-12(17)9-7-8-11(16)14-9/h9-10H,2-8H2,1H3,(H,14,16)(H,15,17)(H,18,19)/t9-,10+/m1/s1. The summed E-state index contributed by atoms with van der Waals surface area (Å²) in [5, 5.41) is 14.1. The molecule has 0 unspecified atom stereocenters. The lowest BCUT2D eigenvalue weighted by atomic mass is 10.1. The van der Waals surface area contributed by atoms with Crippen molar-refractivity contribution in [3.63, 3.8) is 0 Å². The van der Waals surface area contributed by atoms with E-state index in [0.29, 0.717) is 19.3 Å². The zero-order valence-corrected chi connectivity index (χ0v) is 11.3. The SMILES string of the molecule is CCCCCC[C@H](NC(=O)[C@H]1CCC(=O)N1)C(=O)O. The Morgan fingerprint density at radius 3 is 2.68 bits per heavy atom. The van der Waals surface area contributed by atoms with Gasteiger partial charge in [0.25, 0.3) is 0 Å². The highest BCUT2D eigenvalue weighted by Crippen LogP contribution is 2.09. The largest absolute Gasteiger partial charge is 0.480 e. The number of carboxylic acid groups (broad SMARTS) is 1. The maximum atomic E-state index is 11.8. The van der Waals surface area contributed by atoms with E-state index in [9.17, 15) is 14.4 Å². The average molecular weight is 270 g/mol. The molecule has 1 aliphatic heterocycles. The highest BCUT2D eigenvalue weighted by atomic mass is 16.4. The van der Waals surface area contributed by atoms with Crippen molar-refractivity contribution in [1.29, 1.82) is 0 Å². The van der Waals surface area contributed by atoms with Crippen LogP contribution in [0.25, 0.3) is 0 Å². The van der Waals surface area contributed by atoms with Gasteiger partial charge in [0, 0.05) is 6.42 Å². The van der Waals surface area contributed by atoms with Crippen LogP contribution in [0.3, 0.4) is 0 Å². The molecule has 2 atom stereocenters. The highest BCUT2D eigenvalue weighted by Gasteiger charge is 2.30. The maximum absolute atomic E-state index is 11.8. The number of nitrogens with one attached hydrogen (secondary N) is 2. The Morgan fingerprint density at radius 1 is 1.42 bits per heavy atom. The Hall–Kier alpha value is -1.59. The first-order valence-electron chi connectivity index (χ1n) is 6.87. The molecule has 3 N–H and O–H groups in total. The monoisotopic (exact) mass is 270 g/mol. The van der Waals surface area contributed by atoms with E-state index >= 15 is 0 Å². The Kier molecular flexibility index (Phi) is 6.32. The van der Waals surface area contributed by atoms with Gasteiger partial charge in [-0.2, -0.15) is 0 Å². The Labute approximate surface area is 112 Å². The third-order valence-electron chi connectivity index (χ3n) is 3.27. The molecule has 0 aromatic rings. The van der Waals surface area contributed by atoms with Crippen molar-refractivity contribution >= 4 is 17.8 Å². The molecular weight excluding hydrogens is 248 g/mol. The van der Waals surface area contributed by atoms with E-state index in [0.717, 1.165) is 25.7 Å². The van der Waals surface area contributed by atoms with Gasteiger partial charge >= 0.3 is 5.97 Å². The summed E-state index contributed by atoms with van der Waals surface area (Å²) >= 11 is 0. The number of aliphatic carboxylic acids is 1. The number of carbonyl (C=O) groups excluding carboxylic acids is 2. The van der Waals surface area contributed by atoms with Crippen molar-refractivity contribution < 1.29 is 19.5 Å². The topological polar surface area (TPSA) is 95.5 Å². The lowest BCUT2D eigenvalue weighted by Gasteiger charge is -2.17. The maximum Gasteiger partial charge on any atom is 0.326 e. The first-order valence-corrected chi connectivity index (χ1v) is 6.87. The number of rotatable bonds is 8. The quantitative estimate of drug-likeness (QED) is 0.569. The minimum Gasteiger partial charge on any atom is -0.480 e. The summed E-state index contributed by atoms with van der Waals surface area (Å²) in [6.07, 6.45) is 5.09. The molecule has 19 heavy (non-hydrogen) atoms. The molecule has 1 fully saturated rings. The lowest BCUT2D eigenvalue weighted by molar-refractivity contribution is -0.142. The Balaban J connectivity index is 2.37. The van der Waals surface area contributed by atoms with Crippen LogP contribution in [0.4, 0.5) is 0 Å². The smallest absolute Gasteiger partial charge is 0.326 e. The van der Waals surface area contributed by atoms with E-state index in [-0.39, 0.29) is 5.91 Å². The zero-order chi connectivity index (χ0) is 14.3. The van der Waals surface area contributed by atoms with E-state index in [1.165, 1.54) is 0 Å². The van der Waals surface area contributed by atoms with Crippen LogP contribution in [0, 0.1) is 0 Å². The van der Waals surface area contributed by atoms with Gasteiger partial charge in [-0.25, -0.2) is 4.79 Å². The van der Waals surface area contributed by atoms with Crippen molar-refractivity contribution in [2.45, 2.75) is 64.0 Å². The number of carbonyl (C=O) groups is 3. The fraction of sp³-hybridized carbons (Fsp3) is 0.769. The number of unbranched alkanes of at least 4 members (excludes halogenated alkanes) is 3. The van der Waals surface area contributed by atoms with E-state index < -0.39 is 24.0 Å². The predicted octanol–water partition coefficient (Wildman–Crippen LogP) is 0.805. The van der Waals surface area contributed by atoms with Crippen LogP contribution in [-0.2, 0) is 14.4 Å². The number of hydrogen-bond donors (Lipinski definition) is 3.